The summed E-state index contributed by atoms with van der Waals surface area (Å²) in [5.74, 6) is 0.656. The monoisotopic (exact) mass is 326 g/mol. The molecule has 104 valence electrons. The van der Waals surface area contributed by atoms with Gasteiger partial charge in [0.1, 0.15) is 11.6 Å². The Kier molecular flexibility index (Phi) is 5.56. The van der Waals surface area contributed by atoms with Crippen LogP contribution in [0.1, 0.15) is 50.5 Å². The third-order valence-corrected chi connectivity index (χ3v) is 4.86. The summed E-state index contributed by atoms with van der Waals surface area (Å²) in [7, 11) is 0. The number of Topliss-reactive ketones (excluding diaryl/α,β-unsaturated/α-hetero) is 1. The third-order valence-electron chi connectivity index (χ3n) is 3.98. The number of hydrogen-bond donors (Lipinski definition) is 0. The molecule has 0 N–H and O–H groups in total. The average molecular weight is 327 g/mol. The lowest BCUT2D eigenvalue weighted by Crippen LogP contribution is -2.10. The number of ketones is 1. The molecule has 1 saturated carbocycles. The lowest BCUT2D eigenvalue weighted by atomic mass is 9.85. The van der Waals surface area contributed by atoms with E-state index in [0.29, 0.717) is 17.3 Å². The predicted molar refractivity (Wildman–Crippen MR) is 78.6 cm³/mol. The minimum Gasteiger partial charge on any atom is -0.299 e. The van der Waals surface area contributed by atoms with Crippen molar-refractivity contribution in [1.82, 2.24) is 0 Å². The topological polar surface area (TPSA) is 17.1 Å². The highest BCUT2D eigenvalue weighted by Crippen LogP contribution is 2.28. The summed E-state index contributed by atoms with van der Waals surface area (Å²) < 4.78 is 13.8. The molecule has 1 fully saturated rings. The van der Waals surface area contributed by atoms with Crippen LogP contribution in [0.4, 0.5) is 4.39 Å². The van der Waals surface area contributed by atoms with Crippen molar-refractivity contribution in [3.63, 3.8) is 0 Å². The fourth-order valence-electron chi connectivity index (χ4n) is 2.83. The van der Waals surface area contributed by atoms with Crippen molar-refractivity contribution in [2.24, 2.45) is 5.92 Å². The van der Waals surface area contributed by atoms with Gasteiger partial charge >= 0.3 is 0 Å². The number of halogens is 2. The number of carbonyl (C=O) groups is 1. The lowest BCUT2D eigenvalue weighted by molar-refractivity contribution is -0.118. The molecule has 0 amide bonds. The van der Waals surface area contributed by atoms with Crippen LogP contribution in [0.5, 0.6) is 0 Å². The first-order valence-corrected chi connectivity index (χ1v) is 7.90. The molecule has 0 heterocycles. The van der Waals surface area contributed by atoms with E-state index in [1.807, 2.05) is 6.07 Å². The van der Waals surface area contributed by atoms with Crippen molar-refractivity contribution < 1.29 is 9.18 Å². The standard InChI is InChI=1S/C16H20BrFO/c17-16-13(7-4-8-15(16)18)11-14(19)10-9-12-5-2-1-3-6-12/h4,7-8,12H,1-3,5-6,9-11H2. The summed E-state index contributed by atoms with van der Waals surface area (Å²) in [5.41, 5.74) is 0.758. The number of rotatable bonds is 5. The summed E-state index contributed by atoms with van der Waals surface area (Å²) in [6, 6.07) is 4.87. The molecule has 0 unspecified atom stereocenters. The first kappa shape index (κ1) is 14.7. The van der Waals surface area contributed by atoms with E-state index in [1.54, 1.807) is 6.07 Å². The van der Waals surface area contributed by atoms with Crippen LogP contribution in [0.2, 0.25) is 0 Å². The first-order chi connectivity index (χ1) is 9.16. The van der Waals surface area contributed by atoms with Gasteiger partial charge in [0.05, 0.1) is 4.47 Å². The van der Waals surface area contributed by atoms with E-state index in [-0.39, 0.29) is 11.6 Å². The van der Waals surface area contributed by atoms with E-state index >= 15 is 0 Å². The molecule has 0 spiro atoms. The first-order valence-electron chi connectivity index (χ1n) is 7.11. The highest BCUT2D eigenvalue weighted by molar-refractivity contribution is 9.10. The Bertz CT molecular complexity index is 438. The fourth-order valence-corrected chi connectivity index (χ4v) is 3.23. The Hall–Kier alpha value is -0.700. The SMILES string of the molecule is O=C(CCC1CCCCC1)Cc1cccc(F)c1Br. The molecule has 0 saturated heterocycles. The smallest absolute Gasteiger partial charge is 0.137 e. The summed E-state index contributed by atoms with van der Waals surface area (Å²) in [4.78, 5) is 12.0. The van der Waals surface area contributed by atoms with E-state index < -0.39 is 0 Å². The molecule has 0 radical (unpaired) electrons. The maximum Gasteiger partial charge on any atom is 0.137 e. The van der Waals surface area contributed by atoms with Crippen LogP contribution in [-0.2, 0) is 11.2 Å². The van der Waals surface area contributed by atoms with Gasteiger partial charge in [0.25, 0.3) is 0 Å². The van der Waals surface area contributed by atoms with Crippen molar-refractivity contribution in [1.29, 1.82) is 0 Å². The number of carbonyl (C=O) groups excluding carboxylic acids is 1. The molecule has 1 aliphatic rings. The Morgan fingerprint density at radius 2 is 2.00 bits per heavy atom. The molecule has 0 atom stereocenters. The molecule has 1 aromatic rings. The Morgan fingerprint density at radius 1 is 1.26 bits per heavy atom. The predicted octanol–water partition coefficient (Wildman–Crippen LogP) is 5.06. The minimum atomic E-state index is -0.294. The van der Waals surface area contributed by atoms with Gasteiger partial charge in [-0.1, -0.05) is 44.2 Å². The molecule has 1 aromatic carbocycles. The molecule has 0 aromatic heterocycles. The summed E-state index contributed by atoms with van der Waals surface area (Å²) >= 11 is 3.21. The third kappa shape index (κ3) is 4.41. The van der Waals surface area contributed by atoms with E-state index in [0.717, 1.165) is 17.9 Å². The zero-order valence-electron chi connectivity index (χ0n) is 11.1. The van der Waals surface area contributed by atoms with Gasteiger partial charge in [0, 0.05) is 12.8 Å². The molecular weight excluding hydrogens is 307 g/mol. The van der Waals surface area contributed by atoms with Crippen LogP contribution in [-0.4, -0.2) is 5.78 Å². The van der Waals surface area contributed by atoms with Gasteiger partial charge in [-0.2, -0.15) is 0 Å². The van der Waals surface area contributed by atoms with Crippen molar-refractivity contribution in [2.45, 2.75) is 51.4 Å². The van der Waals surface area contributed by atoms with Gasteiger partial charge < -0.3 is 0 Å². The summed E-state index contributed by atoms with van der Waals surface area (Å²) in [5, 5.41) is 0. The van der Waals surface area contributed by atoms with Gasteiger partial charge in [-0.15, -0.1) is 0 Å². The Labute approximate surface area is 122 Å². The van der Waals surface area contributed by atoms with Crippen molar-refractivity contribution in [3.05, 3.63) is 34.1 Å². The normalized spacial score (nSPS) is 16.5. The summed E-state index contributed by atoms with van der Waals surface area (Å²) in [6.45, 7) is 0. The van der Waals surface area contributed by atoms with Crippen LogP contribution < -0.4 is 0 Å². The quantitative estimate of drug-likeness (QED) is 0.739. The lowest BCUT2D eigenvalue weighted by Gasteiger charge is -2.20. The number of hydrogen-bond acceptors (Lipinski definition) is 1. The van der Waals surface area contributed by atoms with Crippen LogP contribution >= 0.6 is 15.9 Å². The molecule has 3 heteroatoms. The van der Waals surface area contributed by atoms with E-state index in [9.17, 15) is 9.18 Å². The average Bonchev–Trinajstić information content (AvgIpc) is 2.43. The number of benzene rings is 1. The van der Waals surface area contributed by atoms with Crippen LogP contribution in [0.25, 0.3) is 0 Å². The molecule has 19 heavy (non-hydrogen) atoms. The zero-order valence-corrected chi connectivity index (χ0v) is 12.7. The molecule has 0 bridgehead atoms. The van der Waals surface area contributed by atoms with Crippen LogP contribution in [0.3, 0.4) is 0 Å². The van der Waals surface area contributed by atoms with Gasteiger partial charge in [-0.3, -0.25) is 4.79 Å². The summed E-state index contributed by atoms with van der Waals surface area (Å²) in [6.07, 6.45) is 8.50. The maximum absolute atomic E-state index is 13.3. The molecule has 1 aliphatic carbocycles. The van der Waals surface area contributed by atoms with E-state index in [2.05, 4.69) is 15.9 Å². The molecule has 0 aliphatic heterocycles. The van der Waals surface area contributed by atoms with Crippen LogP contribution in [0, 0.1) is 11.7 Å². The van der Waals surface area contributed by atoms with Crippen molar-refractivity contribution in [3.8, 4) is 0 Å². The van der Waals surface area contributed by atoms with E-state index in [1.165, 1.54) is 38.2 Å². The van der Waals surface area contributed by atoms with Crippen LogP contribution in [0.15, 0.2) is 22.7 Å². The second-order valence-electron chi connectivity index (χ2n) is 5.47. The second-order valence-corrected chi connectivity index (χ2v) is 6.26. The highest BCUT2D eigenvalue weighted by atomic mass is 79.9. The largest absolute Gasteiger partial charge is 0.299 e. The molecule has 2 rings (SSSR count). The Balaban J connectivity index is 1.82. The van der Waals surface area contributed by atoms with E-state index in [4.69, 9.17) is 0 Å². The molecular formula is C16H20BrFO. The van der Waals surface area contributed by atoms with Gasteiger partial charge in [-0.25, -0.2) is 4.39 Å². The van der Waals surface area contributed by atoms with Gasteiger partial charge in [0.15, 0.2) is 0 Å². The molecule has 1 nitrogen and oxygen atoms in total. The second kappa shape index (κ2) is 7.18. The zero-order chi connectivity index (χ0) is 13.7. The van der Waals surface area contributed by atoms with Crippen molar-refractivity contribution >= 4 is 21.7 Å². The van der Waals surface area contributed by atoms with Crippen molar-refractivity contribution in [2.75, 3.05) is 0 Å². The Morgan fingerprint density at radius 3 is 2.74 bits per heavy atom. The highest BCUT2D eigenvalue weighted by Gasteiger charge is 2.16. The fraction of sp³-hybridized carbons (Fsp3) is 0.562. The maximum atomic E-state index is 13.3. The minimum absolute atomic E-state index is 0.219. The van der Waals surface area contributed by atoms with Gasteiger partial charge in [-0.05, 0) is 39.9 Å². The van der Waals surface area contributed by atoms with Gasteiger partial charge in [0.2, 0.25) is 0 Å².